The standard InChI is InChI=1S/C14H10ClNS2/c15-12-8-6-10(7-9-12)13-16-18-14(17-13)11-4-2-1-3-5-11/h1-9,14H. The normalized spacial score (nSPS) is 18.7. The molecule has 1 atom stereocenters. The van der Waals surface area contributed by atoms with Crippen LogP contribution in [0.25, 0.3) is 0 Å². The summed E-state index contributed by atoms with van der Waals surface area (Å²) in [4.78, 5) is 0. The van der Waals surface area contributed by atoms with Crippen LogP contribution in [0.2, 0.25) is 5.02 Å². The van der Waals surface area contributed by atoms with Crippen molar-refractivity contribution in [2.45, 2.75) is 4.58 Å². The zero-order valence-electron chi connectivity index (χ0n) is 9.42. The van der Waals surface area contributed by atoms with Crippen molar-refractivity contribution in [2.24, 2.45) is 4.40 Å². The van der Waals surface area contributed by atoms with Gasteiger partial charge < -0.3 is 0 Å². The van der Waals surface area contributed by atoms with Gasteiger partial charge in [-0.2, -0.15) is 0 Å². The molecule has 90 valence electrons. The van der Waals surface area contributed by atoms with Gasteiger partial charge in [0.25, 0.3) is 0 Å². The summed E-state index contributed by atoms with van der Waals surface area (Å²) in [6, 6.07) is 18.3. The molecule has 0 spiro atoms. The smallest absolute Gasteiger partial charge is 0.113 e. The number of rotatable bonds is 2. The summed E-state index contributed by atoms with van der Waals surface area (Å²) >= 11 is 9.30. The molecule has 0 fully saturated rings. The summed E-state index contributed by atoms with van der Waals surface area (Å²) < 4.78 is 4.90. The molecule has 1 heterocycles. The Morgan fingerprint density at radius 1 is 0.944 bits per heavy atom. The zero-order valence-corrected chi connectivity index (χ0v) is 11.8. The number of halogens is 1. The van der Waals surface area contributed by atoms with Gasteiger partial charge in [0.05, 0.1) is 0 Å². The summed E-state index contributed by atoms with van der Waals surface area (Å²) in [6.45, 7) is 0. The van der Waals surface area contributed by atoms with Crippen molar-refractivity contribution < 1.29 is 0 Å². The molecule has 2 aromatic carbocycles. The highest BCUT2D eigenvalue weighted by Gasteiger charge is 2.23. The summed E-state index contributed by atoms with van der Waals surface area (Å²) in [5.41, 5.74) is 2.44. The monoisotopic (exact) mass is 291 g/mol. The molecule has 1 aliphatic heterocycles. The minimum absolute atomic E-state index is 0.358. The first-order valence-corrected chi connectivity index (χ1v) is 7.64. The minimum Gasteiger partial charge on any atom is -0.208 e. The van der Waals surface area contributed by atoms with Gasteiger partial charge in [-0.15, -0.1) is 0 Å². The lowest BCUT2D eigenvalue weighted by atomic mass is 10.2. The number of benzene rings is 2. The van der Waals surface area contributed by atoms with Crippen LogP contribution < -0.4 is 0 Å². The van der Waals surface area contributed by atoms with Crippen molar-refractivity contribution in [3.05, 3.63) is 70.7 Å². The molecule has 0 N–H and O–H groups in total. The summed E-state index contributed by atoms with van der Waals surface area (Å²) in [6.07, 6.45) is 0. The third-order valence-corrected chi connectivity index (χ3v) is 5.32. The van der Waals surface area contributed by atoms with Crippen LogP contribution in [0.1, 0.15) is 15.7 Å². The molecule has 18 heavy (non-hydrogen) atoms. The largest absolute Gasteiger partial charge is 0.208 e. The summed E-state index contributed by atoms with van der Waals surface area (Å²) in [5.74, 6) is 0. The fourth-order valence-electron chi connectivity index (χ4n) is 1.69. The Kier molecular flexibility index (Phi) is 3.64. The second-order valence-electron chi connectivity index (χ2n) is 3.87. The SMILES string of the molecule is Clc1ccc(C2=NSC(c3ccccc3)S2)cc1. The third kappa shape index (κ3) is 2.58. The number of hydrogen-bond acceptors (Lipinski definition) is 3. The van der Waals surface area contributed by atoms with Gasteiger partial charge in [-0.25, -0.2) is 4.40 Å². The predicted molar refractivity (Wildman–Crippen MR) is 82.4 cm³/mol. The fraction of sp³-hybridized carbons (Fsp3) is 0.0714. The Balaban J connectivity index is 1.77. The van der Waals surface area contributed by atoms with Gasteiger partial charge in [-0.3, -0.25) is 0 Å². The Bertz CT molecular complexity index is 566. The van der Waals surface area contributed by atoms with Crippen LogP contribution in [0.15, 0.2) is 59.0 Å². The maximum Gasteiger partial charge on any atom is 0.113 e. The van der Waals surface area contributed by atoms with Crippen LogP contribution >= 0.6 is 35.3 Å². The highest BCUT2D eigenvalue weighted by atomic mass is 35.5. The summed E-state index contributed by atoms with van der Waals surface area (Å²) in [7, 11) is 0. The first kappa shape index (κ1) is 12.2. The lowest BCUT2D eigenvalue weighted by Gasteiger charge is -2.06. The quantitative estimate of drug-likeness (QED) is 0.707. The fourth-order valence-corrected chi connectivity index (χ4v) is 4.04. The van der Waals surface area contributed by atoms with E-state index in [2.05, 4.69) is 28.7 Å². The molecule has 0 saturated carbocycles. The van der Waals surface area contributed by atoms with E-state index in [1.807, 2.05) is 30.3 Å². The molecule has 0 aliphatic carbocycles. The van der Waals surface area contributed by atoms with Crippen LogP contribution in [-0.4, -0.2) is 5.04 Å². The van der Waals surface area contributed by atoms with Gasteiger partial charge in [0.1, 0.15) is 9.63 Å². The number of thioether (sulfide) groups is 1. The Labute approximate surface area is 120 Å². The molecule has 4 heteroatoms. The van der Waals surface area contributed by atoms with E-state index in [0.29, 0.717) is 4.58 Å². The van der Waals surface area contributed by atoms with Gasteiger partial charge >= 0.3 is 0 Å². The van der Waals surface area contributed by atoms with Crippen LogP contribution in [0, 0.1) is 0 Å². The number of nitrogens with zero attached hydrogens (tertiary/aromatic N) is 1. The van der Waals surface area contributed by atoms with E-state index in [0.717, 1.165) is 15.6 Å². The van der Waals surface area contributed by atoms with Gasteiger partial charge in [0.2, 0.25) is 0 Å². The van der Waals surface area contributed by atoms with E-state index >= 15 is 0 Å². The zero-order chi connectivity index (χ0) is 12.4. The Morgan fingerprint density at radius 2 is 1.67 bits per heavy atom. The lowest BCUT2D eigenvalue weighted by Crippen LogP contribution is -1.92. The highest BCUT2D eigenvalue weighted by Crippen LogP contribution is 2.47. The molecular weight excluding hydrogens is 282 g/mol. The molecule has 0 radical (unpaired) electrons. The molecule has 2 aromatic rings. The maximum absolute atomic E-state index is 5.89. The van der Waals surface area contributed by atoms with Crippen molar-refractivity contribution >= 4 is 40.4 Å². The lowest BCUT2D eigenvalue weighted by molar-refractivity contribution is 1.39. The Morgan fingerprint density at radius 3 is 2.39 bits per heavy atom. The van der Waals surface area contributed by atoms with Crippen molar-refractivity contribution in [2.75, 3.05) is 0 Å². The van der Waals surface area contributed by atoms with Crippen molar-refractivity contribution in [1.82, 2.24) is 0 Å². The van der Waals surface area contributed by atoms with Gasteiger partial charge in [-0.05, 0) is 29.6 Å². The average Bonchev–Trinajstić information content (AvgIpc) is 2.90. The van der Waals surface area contributed by atoms with E-state index in [-0.39, 0.29) is 0 Å². The van der Waals surface area contributed by atoms with Crippen LogP contribution in [0.4, 0.5) is 0 Å². The van der Waals surface area contributed by atoms with Gasteiger partial charge in [0, 0.05) is 10.6 Å². The van der Waals surface area contributed by atoms with Crippen LogP contribution in [0.5, 0.6) is 0 Å². The number of hydrogen-bond donors (Lipinski definition) is 0. The second-order valence-corrected chi connectivity index (χ2v) is 6.56. The van der Waals surface area contributed by atoms with Gasteiger partial charge in [-0.1, -0.05) is 65.8 Å². The summed E-state index contributed by atoms with van der Waals surface area (Å²) in [5, 5.41) is 1.83. The predicted octanol–water partition coefficient (Wildman–Crippen LogP) is 5.18. The molecule has 0 saturated heterocycles. The Hall–Kier alpha value is -0.900. The third-order valence-electron chi connectivity index (χ3n) is 2.61. The molecule has 0 aromatic heterocycles. The first-order valence-electron chi connectivity index (χ1n) is 5.54. The average molecular weight is 292 g/mol. The molecular formula is C14H10ClNS2. The maximum atomic E-state index is 5.89. The van der Waals surface area contributed by atoms with E-state index in [4.69, 9.17) is 11.6 Å². The highest BCUT2D eigenvalue weighted by molar-refractivity contribution is 8.27. The topological polar surface area (TPSA) is 12.4 Å². The molecule has 3 rings (SSSR count). The van der Waals surface area contributed by atoms with E-state index in [1.165, 1.54) is 5.56 Å². The molecule has 1 nitrogen and oxygen atoms in total. The molecule has 0 bridgehead atoms. The van der Waals surface area contributed by atoms with Crippen LogP contribution in [-0.2, 0) is 0 Å². The first-order chi connectivity index (χ1) is 8.83. The van der Waals surface area contributed by atoms with Gasteiger partial charge in [0.15, 0.2) is 0 Å². The van der Waals surface area contributed by atoms with E-state index in [9.17, 15) is 0 Å². The molecule has 0 amide bonds. The van der Waals surface area contributed by atoms with E-state index < -0.39 is 0 Å². The second kappa shape index (κ2) is 5.39. The van der Waals surface area contributed by atoms with Crippen molar-refractivity contribution in [3.8, 4) is 0 Å². The van der Waals surface area contributed by atoms with Crippen LogP contribution in [0.3, 0.4) is 0 Å². The molecule has 1 aliphatic rings. The van der Waals surface area contributed by atoms with Crippen molar-refractivity contribution in [3.63, 3.8) is 0 Å². The van der Waals surface area contributed by atoms with E-state index in [1.54, 1.807) is 23.7 Å². The minimum atomic E-state index is 0.358. The molecule has 1 unspecified atom stereocenters. The van der Waals surface area contributed by atoms with Crippen molar-refractivity contribution in [1.29, 1.82) is 0 Å².